The average molecular weight is 564 g/mol. The van der Waals surface area contributed by atoms with E-state index in [9.17, 15) is 8.42 Å². The fourth-order valence-corrected chi connectivity index (χ4v) is 5.33. The van der Waals surface area contributed by atoms with E-state index in [1.807, 2.05) is 30.3 Å². The van der Waals surface area contributed by atoms with Crippen LogP contribution < -0.4 is 9.73 Å². The van der Waals surface area contributed by atoms with Gasteiger partial charge >= 0.3 is 0 Å². The van der Waals surface area contributed by atoms with E-state index in [0.29, 0.717) is 27.9 Å². The number of anilines is 1. The van der Waals surface area contributed by atoms with Gasteiger partial charge in [0.2, 0.25) is 10.0 Å². The van der Waals surface area contributed by atoms with Crippen molar-refractivity contribution >= 4 is 60.6 Å². The molecular formula is C23H17BrCl2N4O2S. The van der Waals surface area contributed by atoms with Crippen molar-refractivity contribution in [2.45, 2.75) is 17.4 Å². The molecule has 0 fully saturated rings. The zero-order valence-electron chi connectivity index (χ0n) is 17.0. The Balaban J connectivity index is 1.61. The monoisotopic (exact) mass is 562 g/mol. The number of nitriles is 1. The van der Waals surface area contributed by atoms with Gasteiger partial charge in [-0.3, -0.25) is 5.01 Å². The number of nitrogens with zero attached hydrogens (tertiary/aromatic N) is 3. The summed E-state index contributed by atoms with van der Waals surface area (Å²) in [6.07, 6.45) is 0.501. The van der Waals surface area contributed by atoms with Gasteiger partial charge in [0.05, 0.1) is 45.5 Å². The molecule has 10 heteroatoms. The average Bonchev–Trinajstić information content (AvgIpc) is 3.22. The normalized spacial score (nSPS) is 15.9. The summed E-state index contributed by atoms with van der Waals surface area (Å²) in [6, 6.07) is 20.7. The van der Waals surface area contributed by atoms with Crippen LogP contribution in [0.2, 0.25) is 10.0 Å². The molecule has 3 aromatic rings. The summed E-state index contributed by atoms with van der Waals surface area (Å²) in [7, 11) is -3.81. The van der Waals surface area contributed by atoms with Gasteiger partial charge in [-0.2, -0.15) is 10.4 Å². The molecule has 0 amide bonds. The van der Waals surface area contributed by atoms with Crippen LogP contribution in [0.4, 0.5) is 5.69 Å². The molecule has 168 valence electrons. The molecular weight excluding hydrogens is 547 g/mol. The van der Waals surface area contributed by atoms with Crippen molar-refractivity contribution < 1.29 is 8.42 Å². The highest BCUT2D eigenvalue weighted by Crippen LogP contribution is 2.39. The molecule has 0 bridgehead atoms. The summed E-state index contributed by atoms with van der Waals surface area (Å²) in [5.74, 6) is 0. The molecule has 3 aromatic carbocycles. The van der Waals surface area contributed by atoms with Crippen molar-refractivity contribution in [3.8, 4) is 6.07 Å². The number of hydrazone groups is 1. The van der Waals surface area contributed by atoms with Crippen LogP contribution in [-0.4, -0.2) is 20.7 Å². The molecule has 1 heterocycles. The van der Waals surface area contributed by atoms with Crippen LogP contribution in [0.1, 0.15) is 23.6 Å². The third-order valence-electron chi connectivity index (χ3n) is 5.12. The first-order chi connectivity index (χ1) is 15.8. The van der Waals surface area contributed by atoms with Crippen LogP contribution in [-0.2, 0) is 10.0 Å². The van der Waals surface area contributed by atoms with E-state index in [-0.39, 0.29) is 23.0 Å². The standard InChI is InChI=1S/C23H17BrCl2N4O2S/c24-17-6-4-16(5-7-17)23-12-19(29-30(23)22-9-8-18(25)11-21(22)26)14-28-33(31,32)20-3-1-2-15(10-20)13-27/h1-11,23,28H,12,14H2. The summed E-state index contributed by atoms with van der Waals surface area (Å²) in [4.78, 5) is 0.0298. The zero-order chi connectivity index (χ0) is 23.6. The molecule has 1 aliphatic heterocycles. The summed E-state index contributed by atoms with van der Waals surface area (Å²) < 4.78 is 29.1. The molecule has 1 atom stereocenters. The third kappa shape index (κ3) is 5.40. The number of halogens is 3. The van der Waals surface area contributed by atoms with Crippen molar-refractivity contribution in [3.63, 3.8) is 0 Å². The number of rotatable bonds is 6. The molecule has 1 unspecified atom stereocenters. The molecule has 0 radical (unpaired) electrons. The third-order valence-corrected chi connectivity index (χ3v) is 7.59. The lowest BCUT2D eigenvalue weighted by Gasteiger charge is -2.25. The lowest BCUT2D eigenvalue weighted by Crippen LogP contribution is -2.29. The van der Waals surface area contributed by atoms with E-state index in [1.165, 1.54) is 18.2 Å². The highest BCUT2D eigenvalue weighted by molar-refractivity contribution is 9.10. The Hall–Kier alpha value is -2.41. The Kier molecular flexibility index (Phi) is 7.07. The van der Waals surface area contributed by atoms with Crippen molar-refractivity contribution in [1.29, 1.82) is 5.26 Å². The SMILES string of the molecule is N#Cc1cccc(S(=O)(=O)NCC2=NN(c3ccc(Cl)cc3Cl)C(c3ccc(Br)cc3)C2)c1. The van der Waals surface area contributed by atoms with Gasteiger partial charge in [-0.25, -0.2) is 13.1 Å². The largest absolute Gasteiger partial charge is 0.256 e. The number of hydrogen-bond acceptors (Lipinski definition) is 5. The summed E-state index contributed by atoms with van der Waals surface area (Å²) in [5, 5.41) is 16.5. The van der Waals surface area contributed by atoms with E-state index in [0.717, 1.165) is 10.0 Å². The van der Waals surface area contributed by atoms with Gasteiger partial charge in [0, 0.05) is 15.9 Å². The van der Waals surface area contributed by atoms with E-state index in [1.54, 1.807) is 29.3 Å². The minimum atomic E-state index is -3.81. The Morgan fingerprint density at radius 3 is 2.58 bits per heavy atom. The molecule has 0 aromatic heterocycles. The second kappa shape index (κ2) is 9.84. The molecule has 1 N–H and O–H groups in total. The lowest BCUT2D eigenvalue weighted by atomic mass is 10.0. The minimum absolute atomic E-state index is 0.0217. The highest BCUT2D eigenvalue weighted by atomic mass is 79.9. The van der Waals surface area contributed by atoms with Crippen LogP contribution in [0.25, 0.3) is 0 Å². The van der Waals surface area contributed by atoms with E-state index >= 15 is 0 Å². The Morgan fingerprint density at radius 2 is 1.88 bits per heavy atom. The van der Waals surface area contributed by atoms with Crippen LogP contribution >= 0.6 is 39.1 Å². The van der Waals surface area contributed by atoms with Crippen molar-refractivity contribution in [3.05, 3.63) is 92.4 Å². The van der Waals surface area contributed by atoms with Gasteiger partial charge in [-0.15, -0.1) is 0 Å². The molecule has 0 spiro atoms. The minimum Gasteiger partial charge on any atom is -0.256 e. The predicted octanol–water partition coefficient (Wildman–Crippen LogP) is 5.91. The Morgan fingerprint density at radius 1 is 1.12 bits per heavy atom. The van der Waals surface area contributed by atoms with Crippen molar-refractivity contribution in [2.75, 3.05) is 11.6 Å². The van der Waals surface area contributed by atoms with Crippen LogP contribution in [0.3, 0.4) is 0 Å². The van der Waals surface area contributed by atoms with Gasteiger partial charge < -0.3 is 0 Å². The molecule has 33 heavy (non-hydrogen) atoms. The molecule has 6 nitrogen and oxygen atoms in total. The second-order valence-corrected chi connectivity index (χ2v) is 10.9. The molecule has 0 saturated heterocycles. The molecule has 0 aliphatic carbocycles. The smallest absolute Gasteiger partial charge is 0.240 e. The number of benzene rings is 3. The quantitative estimate of drug-likeness (QED) is 0.404. The summed E-state index contributed by atoms with van der Waals surface area (Å²) in [6.45, 7) is 0.0217. The van der Waals surface area contributed by atoms with Crippen molar-refractivity contribution in [1.82, 2.24) is 4.72 Å². The maximum absolute atomic E-state index is 12.8. The fraction of sp³-hybridized carbons (Fsp3) is 0.130. The predicted molar refractivity (Wildman–Crippen MR) is 134 cm³/mol. The highest BCUT2D eigenvalue weighted by Gasteiger charge is 2.31. The van der Waals surface area contributed by atoms with Crippen molar-refractivity contribution in [2.24, 2.45) is 5.10 Å². The zero-order valence-corrected chi connectivity index (χ0v) is 21.0. The summed E-state index contributed by atoms with van der Waals surface area (Å²) >= 11 is 16.0. The first-order valence-corrected chi connectivity index (χ1v) is 12.9. The first kappa shape index (κ1) is 23.7. The van der Waals surface area contributed by atoms with E-state index < -0.39 is 10.0 Å². The van der Waals surface area contributed by atoms with Crippen LogP contribution in [0.15, 0.2) is 81.2 Å². The van der Waals surface area contributed by atoms with Crippen LogP contribution in [0.5, 0.6) is 0 Å². The second-order valence-electron chi connectivity index (χ2n) is 7.34. The van der Waals surface area contributed by atoms with Gasteiger partial charge in [-0.1, -0.05) is 57.3 Å². The fourth-order valence-electron chi connectivity index (χ4n) is 3.51. The van der Waals surface area contributed by atoms with Gasteiger partial charge in [0.15, 0.2) is 0 Å². The Labute approximate surface area is 210 Å². The van der Waals surface area contributed by atoms with Gasteiger partial charge in [-0.05, 0) is 54.1 Å². The van der Waals surface area contributed by atoms with Gasteiger partial charge in [0.25, 0.3) is 0 Å². The molecule has 0 saturated carbocycles. The topological polar surface area (TPSA) is 85.6 Å². The molecule has 1 aliphatic rings. The number of sulfonamides is 1. The van der Waals surface area contributed by atoms with E-state index in [4.69, 9.17) is 33.6 Å². The first-order valence-electron chi connectivity index (χ1n) is 9.83. The summed E-state index contributed by atoms with van der Waals surface area (Å²) in [5.41, 5.74) is 2.60. The van der Waals surface area contributed by atoms with E-state index in [2.05, 4.69) is 20.7 Å². The maximum Gasteiger partial charge on any atom is 0.240 e. The maximum atomic E-state index is 12.8. The number of nitrogens with one attached hydrogen (secondary N) is 1. The van der Waals surface area contributed by atoms with Gasteiger partial charge in [0.1, 0.15) is 0 Å². The number of hydrogen-bond donors (Lipinski definition) is 1. The van der Waals surface area contributed by atoms with Crippen LogP contribution in [0, 0.1) is 11.3 Å². The molecule has 4 rings (SSSR count). The lowest BCUT2D eigenvalue weighted by molar-refractivity contribution is 0.586. The Bertz CT molecular complexity index is 1370.